The van der Waals surface area contributed by atoms with E-state index >= 15 is 0 Å². The van der Waals surface area contributed by atoms with Crippen molar-refractivity contribution in [3.05, 3.63) is 60.7 Å². The lowest BCUT2D eigenvalue weighted by Crippen LogP contribution is -1.80. The maximum Gasteiger partial charge on any atom is 0.363 e. The van der Waals surface area contributed by atoms with Gasteiger partial charge in [-0.2, -0.15) is 17.2 Å². The third kappa shape index (κ3) is 4.15. The van der Waals surface area contributed by atoms with Crippen LogP contribution in [0.15, 0.2) is 69.5 Å². The van der Waals surface area contributed by atoms with Crippen LogP contribution in [-0.4, -0.2) is 20.8 Å². The minimum absolute atomic E-state index is 1.13. The molecule has 96 valence electrons. The van der Waals surface area contributed by atoms with Gasteiger partial charge in [0.1, 0.15) is 0 Å². The Morgan fingerprint density at radius 3 is 1.26 bits per heavy atom. The van der Waals surface area contributed by atoms with Gasteiger partial charge >= 0.3 is 10.2 Å². The van der Waals surface area contributed by atoms with Gasteiger partial charge in [-0.3, -0.25) is 0 Å². The van der Waals surface area contributed by atoms with Crippen molar-refractivity contribution in [2.45, 2.75) is 0 Å². The van der Waals surface area contributed by atoms with Gasteiger partial charge in [0.05, 0.1) is 12.4 Å². The summed E-state index contributed by atoms with van der Waals surface area (Å²) in [4.78, 5) is 0. The monoisotopic (exact) mass is 272 g/mol. The highest BCUT2D eigenvalue weighted by atomic mass is 32.2. The van der Waals surface area contributed by atoms with E-state index in [0.717, 1.165) is 12.4 Å². The van der Waals surface area contributed by atoms with Crippen molar-refractivity contribution in [3.8, 4) is 11.1 Å². The molecule has 0 amide bonds. The van der Waals surface area contributed by atoms with E-state index in [9.17, 15) is 8.42 Å². The van der Waals surface area contributed by atoms with Gasteiger partial charge in [-0.1, -0.05) is 60.7 Å². The Morgan fingerprint density at radius 1 is 0.632 bits per heavy atom. The predicted molar refractivity (Wildman–Crippen MR) is 77.8 cm³/mol. The number of rotatable bonds is 1. The second-order valence-corrected chi connectivity index (χ2v) is 5.01. The molecule has 0 radical (unpaired) electrons. The van der Waals surface area contributed by atoms with Crippen LogP contribution in [0.3, 0.4) is 0 Å². The molecule has 0 aromatic heterocycles. The van der Waals surface area contributed by atoms with Gasteiger partial charge in [0, 0.05) is 0 Å². The number of benzene rings is 2. The van der Waals surface area contributed by atoms with E-state index in [-0.39, 0.29) is 0 Å². The smallest absolute Gasteiger partial charge is 0.179 e. The molecule has 1 aliphatic rings. The molecule has 4 nitrogen and oxygen atoms in total. The van der Waals surface area contributed by atoms with Crippen LogP contribution in [-0.2, 0) is 10.2 Å². The van der Waals surface area contributed by atoms with Gasteiger partial charge in [0.25, 0.3) is 0 Å². The van der Waals surface area contributed by atoms with E-state index in [4.69, 9.17) is 0 Å². The number of nitrogens with zero attached hydrogens (tertiary/aromatic N) is 2. The van der Waals surface area contributed by atoms with E-state index in [2.05, 4.69) is 57.3 Å². The third-order valence-corrected chi connectivity index (χ3v) is 3.11. The Kier molecular flexibility index (Phi) is 4.20. The third-order valence-electron chi connectivity index (χ3n) is 2.34. The Balaban J connectivity index is 0.000000163. The lowest BCUT2D eigenvalue weighted by atomic mass is 10.1. The fourth-order valence-electron chi connectivity index (χ4n) is 1.50. The second-order valence-electron chi connectivity index (χ2n) is 3.69. The van der Waals surface area contributed by atoms with Gasteiger partial charge < -0.3 is 0 Å². The zero-order valence-electron chi connectivity index (χ0n) is 10.0. The van der Waals surface area contributed by atoms with Crippen LogP contribution in [0, 0.1) is 0 Å². The van der Waals surface area contributed by atoms with Gasteiger partial charge in [-0.05, 0) is 11.1 Å². The molecule has 2 aromatic carbocycles. The van der Waals surface area contributed by atoms with E-state index in [1.54, 1.807) is 0 Å². The summed E-state index contributed by atoms with van der Waals surface area (Å²) >= 11 is 0. The minimum Gasteiger partial charge on any atom is -0.179 e. The largest absolute Gasteiger partial charge is 0.363 e. The zero-order chi connectivity index (χ0) is 13.6. The van der Waals surface area contributed by atoms with Crippen LogP contribution in [0.5, 0.6) is 0 Å². The summed E-state index contributed by atoms with van der Waals surface area (Å²) in [5.41, 5.74) is 2.55. The molecule has 0 aliphatic carbocycles. The SMILES string of the molecule is O=S1(=O)N=CC=N1.c1ccc(-c2ccccc2)cc1. The summed E-state index contributed by atoms with van der Waals surface area (Å²) in [5, 5.41) is 0. The molecule has 0 bridgehead atoms. The van der Waals surface area contributed by atoms with Crippen LogP contribution < -0.4 is 0 Å². The quantitative estimate of drug-likeness (QED) is 0.801. The fourth-order valence-corrected chi connectivity index (χ4v) is 1.97. The van der Waals surface area contributed by atoms with E-state index in [1.165, 1.54) is 11.1 Å². The second kappa shape index (κ2) is 6.06. The summed E-state index contributed by atoms with van der Waals surface area (Å²) in [6, 6.07) is 20.8. The first kappa shape index (κ1) is 13.2. The minimum atomic E-state index is -3.41. The zero-order valence-corrected chi connectivity index (χ0v) is 10.9. The molecule has 0 atom stereocenters. The number of hydrogen-bond donors (Lipinski definition) is 0. The van der Waals surface area contributed by atoms with Gasteiger partial charge in [0.15, 0.2) is 0 Å². The molecular formula is C14H12N2O2S. The topological polar surface area (TPSA) is 58.9 Å². The van der Waals surface area contributed by atoms with Gasteiger partial charge in [-0.25, -0.2) is 0 Å². The normalized spacial score (nSPS) is 14.7. The van der Waals surface area contributed by atoms with Crippen molar-refractivity contribution < 1.29 is 8.42 Å². The first-order chi connectivity index (χ1) is 9.17. The molecule has 1 heterocycles. The highest BCUT2D eigenvalue weighted by Crippen LogP contribution is 2.17. The van der Waals surface area contributed by atoms with Crippen molar-refractivity contribution in [1.29, 1.82) is 0 Å². The fraction of sp³-hybridized carbons (Fsp3) is 0. The lowest BCUT2D eigenvalue weighted by Gasteiger charge is -1.98. The molecule has 1 aliphatic heterocycles. The maximum absolute atomic E-state index is 10.0. The predicted octanol–water partition coefficient (Wildman–Crippen LogP) is 2.74. The Labute approximate surface area is 112 Å². The summed E-state index contributed by atoms with van der Waals surface area (Å²) in [7, 11) is -3.41. The van der Waals surface area contributed by atoms with Crippen molar-refractivity contribution in [2.24, 2.45) is 8.80 Å². The van der Waals surface area contributed by atoms with Gasteiger partial charge in [0.2, 0.25) is 0 Å². The molecule has 0 saturated heterocycles. The molecular weight excluding hydrogens is 260 g/mol. The van der Waals surface area contributed by atoms with Crippen LogP contribution in [0.1, 0.15) is 0 Å². The van der Waals surface area contributed by atoms with E-state index in [1.807, 2.05) is 12.1 Å². The Morgan fingerprint density at radius 2 is 1.00 bits per heavy atom. The average molecular weight is 272 g/mol. The van der Waals surface area contributed by atoms with Crippen molar-refractivity contribution in [3.63, 3.8) is 0 Å². The lowest BCUT2D eigenvalue weighted by molar-refractivity contribution is 0.601. The highest BCUT2D eigenvalue weighted by molar-refractivity contribution is 7.89. The average Bonchev–Trinajstić information content (AvgIpc) is 2.86. The Bertz CT molecular complexity index is 622. The molecule has 5 heteroatoms. The first-order valence-corrected chi connectivity index (χ1v) is 7.02. The molecule has 0 fully saturated rings. The first-order valence-electron chi connectivity index (χ1n) is 5.62. The number of hydrogen-bond acceptors (Lipinski definition) is 2. The van der Waals surface area contributed by atoms with Crippen LogP contribution in [0.25, 0.3) is 11.1 Å². The summed E-state index contributed by atoms with van der Waals surface area (Å²) in [5.74, 6) is 0. The molecule has 0 spiro atoms. The summed E-state index contributed by atoms with van der Waals surface area (Å²) in [6.45, 7) is 0. The van der Waals surface area contributed by atoms with Crippen LogP contribution in [0.2, 0.25) is 0 Å². The molecule has 19 heavy (non-hydrogen) atoms. The van der Waals surface area contributed by atoms with Crippen molar-refractivity contribution >= 4 is 22.6 Å². The molecule has 3 rings (SSSR count). The standard InChI is InChI=1S/C12H10.C2H2N2O2S/c1-3-7-11(8-4-1)12-9-5-2-6-10-12;5-7(6)3-1-2-4-7/h1-10H;1-2H. The highest BCUT2D eigenvalue weighted by Gasteiger charge is 2.03. The maximum atomic E-state index is 10.0. The molecule has 0 N–H and O–H groups in total. The van der Waals surface area contributed by atoms with Crippen LogP contribution >= 0.6 is 0 Å². The van der Waals surface area contributed by atoms with Crippen molar-refractivity contribution in [2.75, 3.05) is 0 Å². The summed E-state index contributed by atoms with van der Waals surface area (Å²) in [6.07, 6.45) is 2.27. The molecule has 0 unspecified atom stereocenters. The molecule has 2 aromatic rings. The molecule has 0 saturated carbocycles. The van der Waals surface area contributed by atoms with E-state index in [0.29, 0.717) is 0 Å². The Hall–Kier alpha value is -2.27. The van der Waals surface area contributed by atoms with Crippen LogP contribution in [0.4, 0.5) is 0 Å². The van der Waals surface area contributed by atoms with E-state index < -0.39 is 10.2 Å². The van der Waals surface area contributed by atoms with Crippen molar-refractivity contribution in [1.82, 2.24) is 0 Å². The van der Waals surface area contributed by atoms with Gasteiger partial charge in [-0.15, -0.1) is 0 Å². The summed E-state index contributed by atoms with van der Waals surface area (Å²) < 4.78 is 26.1.